The fraction of sp³-hybridized carbons (Fsp3) is 0.462. The molecule has 18 heavy (non-hydrogen) atoms. The van der Waals surface area contributed by atoms with E-state index in [-0.39, 0.29) is 12.5 Å². The molecule has 1 unspecified atom stereocenters. The molecule has 2 rings (SSSR count). The summed E-state index contributed by atoms with van der Waals surface area (Å²) < 4.78 is 5.10. The minimum atomic E-state index is -1.06. The van der Waals surface area contributed by atoms with Crippen molar-refractivity contribution in [3.8, 4) is 0 Å². The van der Waals surface area contributed by atoms with Crippen LogP contribution in [0.5, 0.6) is 0 Å². The summed E-state index contributed by atoms with van der Waals surface area (Å²) in [6.07, 6.45) is 1.81. The van der Waals surface area contributed by atoms with E-state index in [0.29, 0.717) is 10.7 Å². The van der Waals surface area contributed by atoms with Gasteiger partial charge < -0.3 is 15.2 Å². The highest BCUT2D eigenvalue weighted by Gasteiger charge is 2.51. The second-order valence-corrected chi connectivity index (χ2v) is 5.06. The summed E-state index contributed by atoms with van der Waals surface area (Å²) in [5, 5.41) is 13.2. The van der Waals surface area contributed by atoms with Crippen molar-refractivity contribution in [1.29, 1.82) is 0 Å². The molecule has 0 spiro atoms. The van der Waals surface area contributed by atoms with Crippen molar-refractivity contribution in [3.63, 3.8) is 0 Å². The monoisotopic (exact) mass is 269 g/mol. The lowest BCUT2D eigenvalue weighted by Crippen LogP contribution is -2.52. The van der Waals surface area contributed by atoms with Crippen LogP contribution in [-0.4, -0.2) is 30.3 Å². The molecule has 0 bridgehead atoms. The third-order valence-electron chi connectivity index (χ3n) is 3.22. The van der Waals surface area contributed by atoms with Crippen molar-refractivity contribution in [2.45, 2.75) is 18.4 Å². The highest BCUT2D eigenvalue weighted by molar-refractivity contribution is 6.30. The number of rotatable bonds is 6. The number of aliphatic carboxylic acids is 1. The number of hydrogen-bond donors (Lipinski definition) is 2. The van der Waals surface area contributed by atoms with Gasteiger partial charge in [0.15, 0.2) is 5.54 Å². The summed E-state index contributed by atoms with van der Waals surface area (Å²) in [5.74, 6) is -0.777. The molecule has 1 aliphatic rings. The van der Waals surface area contributed by atoms with E-state index in [1.54, 1.807) is 18.2 Å². The van der Waals surface area contributed by atoms with Gasteiger partial charge in [0, 0.05) is 17.8 Å². The highest BCUT2D eigenvalue weighted by atomic mass is 35.5. The van der Waals surface area contributed by atoms with E-state index in [0.717, 1.165) is 12.8 Å². The van der Waals surface area contributed by atoms with Crippen molar-refractivity contribution in [2.24, 2.45) is 5.92 Å². The first-order valence-corrected chi connectivity index (χ1v) is 6.22. The first-order chi connectivity index (χ1) is 8.58. The van der Waals surface area contributed by atoms with Crippen molar-refractivity contribution in [1.82, 2.24) is 0 Å². The van der Waals surface area contributed by atoms with Gasteiger partial charge in [-0.3, -0.25) is 0 Å². The summed E-state index contributed by atoms with van der Waals surface area (Å²) in [6.45, 7) is 0.138. The van der Waals surface area contributed by atoms with Gasteiger partial charge in [-0.25, -0.2) is 4.79 Å². The predicted molar refractivity (Wildman–Crippen MR) is 70.0 cm³/mol. The second-order valence-electron chi connectivity index (χ2n) is 4.62. The van der Waals surface area contributed by atoms with Crippen LogP contribution in [0.3, 0.4) is 0 Å². The predicted octanol–water partition coefficient (Wildman–Crippen LogP) is 2.63. The molecule has 1 saturated carbocycles. The van der Waals surface area contributed by atoms with Gasteiger partial charge >= 0.3 is 5.97 Å². The number of carboxylic acid groups (broad SMARTS) is 1. The molecule has 0 aromatic heterocycles. The fourth-order valence-corrected chi connectivity index (χ4v) is 2.36. The van der Waals surface area contributed by atoms with E-state index in [1.165, 1.54) is 7.11 Å². The lowest BCUT2D eigenvalue weighted by Gasteiger charge is -2.31. The Hall–Kier alpha value is -1.26. The Morgan fingerprint density at radius 3 is 2.83 bits per heavy atom. The maximum Gasteiger partial charge on any atom is 0.332 e. The van der Waals surface area contributed by atoms with Crippen molar-refractivity contribution < 1.29 is 14.6 Å². The van der Waals surface area contributed by atoms with E-state index in [2.05, 4.69) is 5.32 Å². The van der Waals surface area contributed by atoms with Crippen LogP contribution in [-0.2, 0) is 9.53 Å². The largest absolute Gasteiger partial charge is 0.479 e. The van der Waals surface area contributed by atoms with Crippen LogP contribution < -0.4 is 5.32 Å². The number of methoxy groups -OCH3 is 1. The zero-order chi connectivity index (χ0) is 13.2. The Kier molecular flexibility index (Phi) is 3.78. The molecular weight excluding hydrogens is 254 g/mol. The Morgan fingerprint density at radius 2 is 2.33 bits per heavy atom. The van der Waals surface area contributed by atoms with Gasteiger partial charge in [0.2, 0.25) is 0 Å². The zero-order valence-corrected chi connectivity index (χ0v) is 10.9. The number of halogens is 1. The summed E-state index contributed by atoms with van der Waals surface area (Å²) in [5.41, 5.74) is -0.353. The quantitative estimate of drug-likeness (QED) is 0.834. The van der Waals surface area contributed by atoms with Crippen LogP contribution >= 0.6 is 11.6 Å². The first kappa shape index (κ1) is 13.2. The number of anilines is 1. The Labute approximate surface area is 111 Å². The lowest BCUT2D eigenvalue weighted by atomic mass is 9.93. The van der Waals surface area contributed by atoms with Crippen LogP contribution in [0.1, 0.15) is 12.8 Å². The normalized spacial score (nSPS) is 18.1. The maximum atomic E-state index is 11.6. The van der Waals surface area contributed by atoms with Crippen molar-refractivity contribution >= 4 is 23.3 Å². The van der Waals surface area contributed by atoms with E-state index in [4.69, 9.17) is 16.3 Å². The van der Waals surface area contributed by atoms with Crippen LogP contribution in [0, 0.1) is 5.92 Å². The molecule has 5 heteroatoms. The third kappa shape index (κ3) is 2.60. The second kappa shape index (κ2) is 5.16. The van der Waals surface area contributed by atoms with Gasteiger partial charge in [-0.1, -0.05) is 17.7 Å². The molecule has 1 aliphatic carbocycles. The third-order valence-corrected chi connectivity index (χ3v) is 3.46. The molecule has 98 valence electrons. The van der Waals surface area contributed by atoms with E-state index in [9.17, 15) is 9.90 Å². The molecule has 0 saturated heterocycles. The van der Waals surface area contributed by atoms with E-state index in [1.807, 2.05) is 6.07 Å². The Morgan fingerprint density at radius 1 is 1.61 bits per heavy atom. The van der Waals surface area contributed by atoms with Crippen LogP contribution in [0.15, 0.2) is 24.3 Å². The molecule has 0 aliphatic heterocycles. The molecule has 1 fully saturated rings. The van der Waals surface area contributed by atoms with Gasteiger partial charge in [-0.05, 0) is 37.0 Å². The van der Waals surface area contributed by atoms with Crippen molar-refractivity contribution in [2.75, 3.05) is 19.0 Å². The minimum Gasteiger partial charge on any atom is -0.479 e. The highest BCUT2D eigenvalue weighted by Crippen LogP contribution is 2.42. The number of carbonyl (C=O) groups is 1. The average molecular weight is 270 g/mol. The number of ether oxygens (including phenoxy) is 1. The smallest absolute Gasteiger partial charge is 0.332 e. The maximum absolute atomic E-state index is 11.6. The Bertz CT molecular complexity index is 448. The van der Waals surface area contributed by atoms with Gasteiger partial charge in [0.25, 0.3) is 0 Å². The standard InChI is InChI=1S/C13H16ClNO3/c1-18-8-13(12(16)17,9-5-6-9)15-11-4-2-3-10(14)7-11/h2-4,7,9,15H,5-6,8H2,1H3,(H,16,17). The molecule has 0 amide bonds. The molecule has 2 N–H and O–H groups in total. The number of nitrogens with one attached hydrogen (secondary N) is 1. The summed E-state index contributed by atoms with van der Waals surface area (Å²) in [4.78, 5) is 11.6. The van der Waals surface area contributed by atoms with Gasteiger partial charge in [-0.15, -0.1) is 0 Å². The Balaban J connectivity index is 2.26. The van der Waals surface area contributed by atoms with Gasteiger partial charge in [0.1, 0.15) is 0 Å². The molecule has 0 heterocycles. The summed E-state index contributed by atoms with van der Waals surface area (Å²) >= 11 is 5.91. The van der Waals surface area contributed by atoms with Gasteiger partial charge in [0.05, 0.1) is 6.61 Å². The van der Waals surface area contributed by atoms with Crippen LogP contribution in [0.4, 0.5) is 5.69 Å². The van der Waals surface area contributed by atoms with E-state index >= 15 is 0 Å². The molecule has 4 nitrogen and oxygen atoms in total. The topological polar surface area (TPSA) is 58.6 Å². The van der Waals surface area contributed by atoms with E-state index < -0.39 is 11.5 Å². The number of benzene rings is 1. The van der Waals surface area contributed by atoms with Crippen LogP contribution in [0.2, 0.25) is 5.02 Å². The SMILES string of the molecule is COCC(Nc1cccc(Cl)c1)(C(=O)O)C1CC1. The summed E-state index contributed by atoms with van der Waals surface area (Å²) in [7, 11) is 1.51. The molecular formula is C13H16ClNO3. The zero-order valence-electron chi connectivity index (χ0n) is 10.1. The molecule has 1 aromatic carbocycles. The number of hydrogen-bond acceptors (Lipinski definition) is 3. The van der Waals surface area contributed by atoms with Gasteiger partial charge in [-0.2, -0.15) is 0 Å². The van der Waals surface area contributed by atoms with Crippen LogP contribution in [0.25, 0.3) is 0 Å². The molecule has 0 radical (unpaired) electrons. The number of carboxylic acids is 1. The minimum absolute atomic E-state index is 0.105. The average Bonchev–Trinajstić information content (AvgIpc) is 3.12. The van der Waals surface area contributed by atoms with Crippen molar-refractivity contribution in [3.05, 3.63) is 29.3 Å². The summed E-state index contributed by atoms with van der Waals surface area (Å²) in [6, 6.07) is 7.07. The fourth-order valence-electron chi connectivity index (χ4n) is 2.17. The molecule has 1 atom stereocenters. The lowest BCUT2D eigenvalue weighted by molar-refractivity contribution is -0.145. The molecule has 1 aromatic rings. The first-order valence-electron chi connectivity index (χ1n) is 5.84.